The molecule has 1 aliphatic heterocycles. The van der Waals surface area contributed by atoms with Crippen LogP contribution >= 0.6 is 0 Å². The van der Waals surface area contributed by atoms with Crippen molar-refractivity contribution in [3.05, 3.63) is 11.7 Å². The average molecular weight is 268 g/mol. The number of rotatable bonds is 5. The molecule has 0 unspecified atom stereocenters. The van der Waals surface area contributed by atoms with Gasteiger partial charge < -0.3 is 9.63 Å². The molecule has 108 valence electrons. The van der Waals surface area contributed by atoms with Crippen molar-refractivity contribution in [2.75, 3.05) is 26.2 Å². The maximum absolute atomic E-state index is 9.53. The summed E-state index contributed by atoms with van der Waals surface area (Å²) in [5.41, 5.74) is 0. The smallest absolute Gasteiger partial charge is 0.223 e. The van der Waals surface area contributed by atoms with Crippen LogP contribution in [-0.2, 0) is 6.54 Å². The third kappa shape index (κ3) is 3.99. The predicted molar refractivity (Wildman–Crippen MR) is 71.6 cm³/mol. The lowest BCUT2D eigenvalue weighted by molar-refractivity contribution is 0.0326. The molecule has 0 amide bonds. The lowest BCUT2D eigenvalue weighted by Gasteiger charge is -2.41. The number of aryl methyl sites for hydroxylation is 1. The summed E-state index contributed by atoms with van der Waals surface area (Å²) in [5, 5.41) is 13.5. The first-order valence-corrected chi connectivity index (χ1v) is 7.02. The van der Waals surface area contributed by atoms with E-state index in [9.17, 15) is 5.11 Å². The zero-order chi connectivity index (χ0) is 13.8. The number of hydrogen-bond acceptors (Lipinski definition) is 6. The fourth-order valence-corrected chi connectivity index (χ4v) is 2.67. The summed E-state index contributed by atoms with van der Waals surface area (Å²) in [4.78, 5) is 8.99. The minimum absolute atomic E-state index is 0.263. The minimum Gasteiger partial charge on any atom is -0.392 e. The normalized spacial score (nSPS) is 23.7. The fraction of sp³-hybridized carbons (Fsp3) is 0.846. The summed E-state index contributed by atoms with van der Waals surface area (Å²) in [6.45, 7) is 10.3. The van der Waals surface area contributed by atoms with Crippen molar-refractivity contribution in [2.24, 2.45) is 0 Å². The Balaban J connectivity index is 1.89. The molecular formula is C13H24N4O2. The summed E-state index contributed by atoms with van der Waals surface area (Å²) in [7, 11) is 0. The minimum atomic E-state index is -0.263. The van der Waals surface area contributed by atoms with Gasteiger partial charge in [0.05, 0.1) is 12.6 Å². The second kappa shape index (κ2) is 6.45. The van der Waals surface area contributed by atoms with E-state index in [-0.39, 0.29) is 6.10 Å². The third-order valence-corrected chi connectivity index (χ3v) is 3.59. The molecular weight excluding hydrogens is 244 g/mol. The van der Waals surface area contributed by atoms with Crippen molar-refractivity contribution in [3.63, 3.8) is 0 Å². The zero-order valence-electron chi connectivity index (χ0n) is 12.0. The molecule has 1 aliphatic rings. The Morgan fingerprint density at radius 2 is 2.26 bits per heavy atom. The van der Waals surface area contributed by atoms with E-state index in [1.165, 1.54) is 0 Å². The van der Waals surface area contributed by atoms with Crippen molar-refractivity contribution in [1.82, 2.24) is 19.9 Å². The molecule has 1 aromatic heterocycles. The van der Waals surface area contributed by atoms with Gasteiger partial charge in [0.25, 0.3) is 0 Å². The molecule has 1 saturated heterocycles. The lowest BCUT2D eigenvalue weighted by Crippen LogP contribution is -2.54. The van der Waals surface area contributed by atoms with Gasteiger partial charge in [0, 0.05) is 39.1 Å². The van der Waals surface area contributed by atoms with Gasteiger partial charge in [0.15, 0.2) is 5.82 Å². The number of aliphatic hydroxyl groups excluding tert-OH is 1. The van der Waals surface area contributed by atoms with Crippen LogP contribution in [-0.4, -0.2) is 63.4 Å². The molecule has 2 atom stereocenters. The molecule has 1 N–H and O–H groups in total. The fourth-order valence-electron chi connectivity index (χ4n) is 2.67. The number of hydrogen-bond donors (Lipinski definition) is 1. The van der Waals surface area contributed by atoms with Gasteiger partial charge in [-0.1, -0.05) is 12.1 Å². The second-order valence-corrected chi connectivity index (χ2v) is 5.37. The van der Waals surface area contributed by atoms with Crippen molar-refractivity contribution < 1.29 is 9.63 Å². The van der Waals surface area contributed by atoms with Gasteiger partial charge in [-0.3, -0.25) is 9.80 Å². The highest BCUT2D eigenvalue weighted by molar-refractivity contribution is 4.88. The average Bonchev–Trinajstić information content (AvgIpc) is 2.76. The van der Waals surface area contributed by atoms with E-state index in [2.05, 4.69) is 26.9 Å². The Labute approximate surface area is 114 Å². The molecule has 0 aliphatic carbocycles. The first kappa shape index (κ1) is 14.4. The topological polar surface area (TPSA) is 65.6 Å². The van der Waals surface area contributed by atoms with E-state index < -0.39 is 0 Å². The van der Waals surface area contributed by atoms with E-state index >= 15 is 0 Å². The van der Waals surface area contributed by atoms with Crippen molar-refractivity contribution >= 4 is 0 Å². The standard InChI is InChI=1S/C13H24N4O2/c1-4-12-8-16(5-6-17(12)7-10(2)18)9-13-14-11(3)19-15-13/h10,12,18H,4-9H2,1-3H3/t10-,12+/m1/s1. The van der Waals surface area contributed by atoms with Crippen LogP contribution in [0.4, 0.5) is 0 Å². The van der Waals surface area contributed by atoms with Gasteiger partial charge in [0.2, 0.25) is 5.89 Å². The second-order valence-electron chi connectivity index (χ2n) is 5.37. The predicted octanol–water partition coefficient (Wildman–Crippen LogP) is 0.655. The monoisotopic (exact) mass is 268 g/mol. The van der Waals surface area contributed by atoms with Gasteiger partial charge in [-0.15, -0.1) is 0 Å². The first-order valence-electron chi connectivity index (χ1n) is 7.02. The van der Waals surface area contributed by atoms with Crippen LogP contribution in [0.3, 0.4) is 0 Å². The Morgan fingerprint density at radius 1 is 1.47 bits per heavy atom. The lowest BCUT2D eigenvalue weighted by atomic mass is 10.1. The van der Waals surface area contributed by atoms with Crippen molar-refractivity contribution in [3.8, 4) is 0 Å². The summed E-state index contributed by atoms with van der Waals surface area (Å²) in [6, 6.07) is 0.497. The number of aliphatic hydroxyl groups is 1. The summed E-state index contributed by atoms with van der Waals surface area (Å²) in [6.07, 6.45) is 0.828. The van der Waals surface area contributed by atoms with Crippen LogP contribution in [0.15, 0.2) is 4.52 Å². The summed E-state index contributed by atoms with van der Waals surface area (Å²) in [5.74, 6) is 1.38. The Hall–Kier alpha value is -0.980. The van der Waals surface area contributed by atoms with Crippen LogP contribution in [0.2, 0.25) is 0 Å². The van der Waals surface area contributed by atoms with Crippen LogP contribution in [0.5, 0.6) is 0 Å². The van der Waals surface area contributed by atoms with Gasteiger partial charge in [-0.25, -0.2) is 0 Å². The zero-order valence-corrected chi connectivity index (χ0v) is 12.0. The third-order valence-electron chi connectivity index (χ3n) is 3.59. The van der Waals surface area contributed by atoms with E-state index in [1.807, 2.05) is 13.8 Å². The summed E-state index contributed by atoms with van der Waals surface area (Å²) >= 11 is 0. The number of piperazine rings is 1. The molecule has 2 heterocycles. The van der Waals surface area contributed by atoms with Crippen LogP contribution in [0.1, 0.15) is 32.0 Å². The molecule has 0 bridgehead atoms. The van der Waals surface area contributed by atoms with Crippen molar-refractivity contribution in [2.45, 2.75) is 45.9 Å². The number of nitrogens with zero attached hydrogens (tertiary/aromatic N) is 4. The molecule has 19 heavy (non-hydrogen) atoms. The van der Waals surface area contributed by atoms with Crippen molar-refractivity contribution in [1.29, 1.82) is 0 Å². The number of aromatic nitrogens is 2. The Kier molecular flexibility index (Phi) is 4.90. The highest BCUT2D eigenvalue weighted by atomic mass is 16.5. The maximum Gasteiger partial charge on any atom is 0.223 e. The van der Waals surface area contributed by atoms with Crippen LogP contribution in [0, 0.1) is 6.92 Å². The first-order chi connectivity index (χ1) is 9.08. The maximum atomic E-state index is 9.53. The van der Waals surface area contributed by atoms with Crippen LogP contribution in [0.25, 0.3) is 0 Å². The highest BCUT2D eigenvalue weighted by Crippen LogP contribution is 2.15. The van der Waals surface area contributed by atoms with Gasteiger partial charge in [0.1, 0.15) is 0 Å². The molecule has 2 rings (SSSR count). The molecule has 0 radical (unpaired) electrons. The van der Waals surface area contributed by atoms with Gasteiger partial charge in [-0.05, 0) is 13.3 Å². The Bertz CT molecular complexity index is 394. The van der Waals surface area contributed by atoms with E-state index in [0.717, 1.165) is 45.0 Å². The molecule has 6 nitrogen and oxygen atoms in total. The van der Waals surface area contributed by atoms with E-state index in [4.69, 9.17) is 4.52 Å². The molecule has 6 heteroatoms. The number of β-amino-alcohol motifs (C(OH)–C–C–N with tert-alkyl or cyclic N) is 1. The van der Waals surface area contributed by atoms with E-state index in [0.29, 0.717) is 11.9 Å². The quantitative estimate of drug-likeness (QED) is 0.846. The molecule has 0 spiro atoms. The molecule has 1 fully saturated rings. The molecule has 1 aromatic rings. The van der Waals surface area contributed by atoms with E-state index in [1.54, 1.807) is 0 Å². The summed E-state index contributed by atoms with van der Waals surface area (Å²) < 4.78 is 5.00. The largest absolute Gasteiger partial charge is 0.392 e. The highest BCUT2D eigenvalue weighted by Gasteiger charge is 2.27. The molecule has 0 aromatic carbocycles. The van der Waals surface area contributed by atoms with Gasteiger partial charge in [-0.2, -0.15) is 4.98 Å². The SMILES string of the molecule is CC[C@H]1CN(Cc2noc(C)n2)CCN1C[C@@H](C)O. The van der Waals surface area contributed by atoms with Crippen LogP contribution < -0.4 is 0 Å². The molecule has 0 saturated carbocycles. The Morgan fingerprint density at radius 3 is 2.84 bits per heavy atom. The van der Waals surface area contributed by atoms with Gasteiger partial charge >= 0.3 is 0 Å².